The van der Waals surface area contributed by atoms with E-state index in [1.165, 1.54) is 11.8 Å². The largest absolute Gasteiger partial charge is 0.493 e. The first kappa shape index (κ1) is 14.3. The molecule has 2 N–H and O–H groups in total. The summed E-state index contributed by atoms with van der Waals surface area (Å²) >= 11 is 0. The van der Waals surface area contributed by atoms with Gasteiger partial charge in [0.1, 0.15) is 5.75 Å². The molecular weight excluding hydrogens is 264 g/mol. The highest BCUT2D eigenvalue weighted by Crippen LogP contribution is 2.32. The fourth-order valence-electron chi connectivity index (χ4n) is 2.15. The van der Waals surface area contributed by atoms with Crippen molar-refractivity contribution in [2.45, 2.75) is 12.3 Å². The van der Waals surface area contributed by atoms with Crippen LogP contribution in [0.1, 0.15) is 17.9 Å². The van der Waals surface area contributed by atoms with Gasteiger partial charge >= 0.3 is 0 Å². The average Bonchev–Trinajstić information content (AvgIpc) is 2.76. The Morgan fingerprint density at radius 3 is 2.89 bits per heavy atom. The molecule has 0 aliphatic carbocycles. The topological polar surface area (TPSA) is 67.4 Å². The van der Waals surface area contributed by atoms with Gasteiger partial charge in [0.2, 0.25) is 10.0 Å². The van der Waals surface area contributed by atoms with Gasteiger partial charge in [0.05, 0.1) is 12.9 Å². The predicted octanol–water partition coefficient (Wildman–Crippen LogP) is 0.692. The van der Waals surface area contributed by atoms with Crippen molar-refractivity contribution in [3.8, 4) is 5.75 Å². The SMILES string of the molecule is CS(=O)(=O)NCCCNCC1COc2ccccc21. The molecule has 19 heavy (non-hydrogen) atoms. The van der Waals surface area contributed by atoms with Gasteiger partial charge in [0.25, 0.3) is 0 Å². The average molecular weight is 284 g/mol. The van der Waals surface area contributed by atoms with Crippen molar-refractivity contribution in [2.24, 2.45) is 0 Å². The van der Waals surface area contributed by atoms with Crippen LogP contribution in [0, 0.1) is 0 Å². The highest BCUT2D eigenvalue weighted by atomic mass is 32.2. The van der Waals surface area contributed by atoms with E-state index in [1.54, 1.807) is 0 Å². The normalized spacial score (nSPS) is 18.1. The molecule has 1 atom stereocenters. The van der Waals surface area contributed by atoms with Crippen molar-refractivity contribution in [3.63, 3.8) is 0 Å². The minimum absolute atomic E-state index is 0.388. The summed E-state index contributed by atoms with van der Waals surface area (Å²) in [7, 11) is -3.06. The van der Waals surface area contributed by atoms with Crippen LogP contribution in [-0.2, 0) is 10.0 Å². The summed E-state index contributed by atoms with van der Waals surface area (Å²) in [5.74, 6) is 1.37. The third-order valence-corrected chi connectivity index (χ3v) is 3.81. The van der Waals surface area contributed by atoms with Crippen LogP contribution in [0.5, 0.6) is 5.75 Å². The van der Waals surface area contributed by atoms with Gasteiger partial charge in [0.15, 0.2) is 0 Å². The number of nitrogens with one attached hydrogen (secondary N) is 2. The van der Waals surface area contributed by atoms with Gasteiger partial charge in [-0.3, -0.25) is 0 Å². The molecule has 1 aliphatic rings. The lowest BCUT2D eigenvalue weighted by atomic mass is 10.0. The molecule has 1 aliphatic heterocycles. The summed E-state index contributed by atoms with van der Waals surface area (Å²) in [6, 6.07) is 8.09. The molecule has 0 bridgehead atoms. The van der Waals surface area contributed by atoms with Crippen molar-refractivity contribution in [3.05, 3.63) is 29.8 Å². The third-order valence-electron chi connectivity index (χ3n) is 3.08. The zero-order chi connectivity index (χ0) is 13.7. The maximum Gasteiger partial charge on any atom is 0.208 e. The summed E-state index contributed by atoms with van der Waals surface area (Å²) in [5, 5.41) is 3.34. The van der Waals surface area contributed by atoms with Crippen LogP contribution in [0.3, 0.4) is 0 Å². The molecule has 1 unspecified atom stereocenters. The maximum atomic E-state index is 10.9. The number of ether oxygens (including phenoxy) is 1. The zero-order valence-corrected chi connectivity index (χ0v) is 11.9. The summed E-state index contributed by atoms with van der Waals surface area (Å²) in [6.45, 7) is 2.84. The Kier molecular flexibility index (Phi) is 4.79. The molecule has 1 aromatic rings. The molecule has 0 saturated heterocycles. The molecule has 1 aromatic carbocycles. The number of rotatable bonds is 7. The lowest BCUT2D eigenvalue weighted by Gasteiger charge is -2.10. The first-order valence-electron chi connectivity index (χ1n) is 6.43. The van der Waals surface area contributed by atoms with Crippen molar-refractivity contribution in [1.29, 1.82) is 0 Å². The van der Waals surface area contributed by atoms with Crippen LogP contribution in [-0.4, -0.2) is 40.9 Å². The second kappa shape index (κ2) is 6.36. The monoisotopic (exact) mass is 284 g/mol. The molecule has 1 heterocycles. The Balaban J connectivity index is 1.65. The summed E-state index contributed by atoms with van der Waals surface area (Å²) < 4.78 is 29.8. The number of para-hydroxylation sites is 1. The highest BCUT2D eigenvalue weighted by Gasteiger charge is 2.22. The Labute approximate surface area is 114 Å². The quantitative estimate of drug-likeness (QED) is 0.723. The van der Waals surface area contributed by atoms with Gasteiger partial charge in [-0.05, 0) is 19.0 Å². The predicted molar refractivity (Wildman–Crippen MR) is 75.0 cm³/mol. The van der Waals surface area contributed by atoms with E-state index in [-0.39, 0.29) is 0 Å². The van der Waals surface area contributed by atoms with Crippen LogP contribution in [0.4, 0.5) is 0 Å². The van der Waals surface area contributed by atoms with Gasteiger partial charge in [-0.15, -0.1) is 0 Å². The third kappa shape index (κ3) is 4.49. The Morgan fingerprint density at radius 1 is 1.32 bits per heavy atom. The lowest BCUT2D eigenvalue weighted by molar-refractivity contribution is 0.326. The summed E-state index contributed by atoms with van der Waals surface area (Å²) in [6.07, 6.45) is 1.95. The van der Waals surface area contributed by atoms with Crippen LogP contribution >= 0.6 is 0 Å². The first-order chi connectivity index (χ1) is 9.06. The van der Waals surface area contributed by atoms with E-state index in [9.17, 15) is 8.42 Å². The van der Waals surface area contributed by atoms with E-state index in [0.717, 1.165) is 25.3 Å². The van der Waals surface area contributed by atoms with Gasteiger partial charge in [-0.1, -0.05) is 18.2 Å². The number of fused-ring (bicyclic) bond motifs is 1. The second-order valence-corrected chi connectivity index (χ2v) is 6.60. The Bertz CT molecular complexity index is 516. The van der Waals surface area contributed by atoms with E-state index < -0.39 is 10.0 Å². The Morgan fingerprint density at radius 2 is 2.11 bits per heavy atom. The fourth-order valence-corrected chi connectivity index (χ4v) is 2.66. The summed E-state index contributed by atoms with van der Waals surface area (Å²) in [4.78, 5) is 0. The molecule has 0 fully saturated rings. The summed E-state index contributed by atoms with van der Waals surface area (Å²) in [5.41, 5.74) is 1.25. The second-order valence-electron chi connectivity index (χ2n) is 4.77. The van der Waals surface area contributed by atoms with Crippen LogP contribution in [0.15, 0.2) is 24.3 Å². The van der Waals surface area contributed by atoms with E-state index in [0.29, 0.717) is 19.1 Å². The van der Waals surface area contributed by atoms with Crippen molar-refractivity contribution >= 4 is 10.0 Å². The van der Waals surface area contributed by atoms with Gasteiger partial charge in [-0.25, -0.2) is 13.1 Å². The smallest absolute Gasteiger partial charge is 0.208 e. The molecule has 0 spiro atoms. The standard InChI is InChI=1S/C13H20N2O3S/c1-19(16,17)15-8-4-7-14-9-11-10-18-13-6-3-2-5-12(11)13/h2-3,5-6,11,14-15H,4,7-10H2,1H3. The van der Waals surface area contributed by atoms with Gasteiger partial charge in [-0.2, -0.15) is 0 Å². The molecule has 0 aromatic heterocycles. The maximum absolute atomic E-state index is 10.9. The van der Waals surface area contributed by atoms with Crippen molar-refractivity contribution in [1.82, 2.24) is 10.0 Å². The molecule has 0 radical (unpaired) electrons. The van der Waals surface area contributed by atoms with Crippen LogP contribution < -0.4 is 14.8 Å². The number of sulfonamides is 1. The lowest BCUT2D eigenvalue weighted by Crippen LogP contribution is -2.28. The molecule has 2 rings (SSSR count). The van der Waals surface area contributed by atoms with Crippen LogP contribution in [0.2, 0.25) is 0 Å². The van der Waals surface area contributed by atoms with Crippen LogP contribution in [0.25, 0.3) is 0 Å². The van der Waals surface area contributed by atoms with E-state index in [2.05, 4.69) is 16.1 Å². The minimum Gasteiger partial charge on any atom is -0.493 e. The van der Waals surface area contributed by atoms with E-state index in [4.69, 9.17) is 4.74 Å². The number of hydrogen-bond acceptors (Lipinski definition) is 4. The number of benzene rings is 1. The van der Waals surface area contributed by atoms with E-state index >= 15 is 0 Å². The fraction of sp³-hybridized carbons (Fsp3) is 0.538. The number of hydrogen-bond donors (Lipinski definition) is 2. The van der Waals surface area contributed by atoms with Gasteiger partial charge in [0, 0.05) is 24.6 Å². The molecule has 106 valence electrons. The van der Waals surface area contributed by atoms with Crippen molar-refractivity contribution in [2.75, 3.05) is 32.5 Å². The zero-order valence-electron chi connectivity index (χ0n) is 11.1. The van der Waals surface area contributed by atoms with Crippen molar-refractivity contribution < 1.29 is 13.2 Å². The molecular formula is C13H20N2O3S. The first-order valence-corrected chi connectivity index (χ1v) is 8.32. The molecule has 0 amide bonds. The minimum atomic E-state index is -3.06. The molecule has 0 saturated carbocycles. The Hall–Kier alpha value is -1.11. The molecule has 5 nitrogen and oxygen atoms in total. The van der Waals surface area contributed by atoms with Gasteiger partial charge < -0.3 is 10.1 Å². The highest BCUT2D eigenvalue weighted by molar-refractivity contribution is 7.88. The van der Waals surface area contributed by atoms with E-state index in [1.807, 2.05) is 18.2 Å². The molecule has 6 heteroatoms.